The van der Waals surface area contributed by atoms with Crippen molar-refractivity contribution >= 4 is 63.4 Å². The zero-order valence-corrected chi connectivity index (χ0v) is 39.7. The molecular formula is C34H72N2O7Si6. The van der Waals surface area contributed by atoms with Gasteiger partial charge in [-0.2, -0.15) is 0 Å². The van der Waals surface area contributed by atoms with E-state index in [1.807, 2.05) is 0 Å². The molecule has 0 bridgehead atoms. The molecule has 2 N–H and O–H groups in total. The first-order valence-electron chi connectivity index (χ1n) is 18.4. The fraction of sp³-hybridized carbons (Fsp3) is 0.824. The predicted octanol–water partition coefficient (Wildman–Crippen LogP) is 5.33. The van der Waals surface area contributed by atoms with E-state index in [1.165, 1.54) is 11.1 Å². The average Bonchev–Trinajstić information content (AvgIpc) is 3.05. The van der Waals surface area contributed by atoms with E-state index in [0.717, 1.165) is 60.0 Å². The van der Waals surface area contributed by atoms with Gasteiger partial charge in [-0.1, -0.05) is 61.7 Å². The number of nitrogens with one attached hydrogen (secondary N) is 2. The molecule has 0 fully saturated rings. The van der Waals surface area contributed by atoms with Crippen molar-refractivity contribution in [1.29, 1.82) is 0 Å². The summed E-state index contributed by atoms with van der Waals surface area (Å²) >= 11 is 0. The highest BCUT2D eigenvalue weighted by molar-refractivity contribution is 6.82. The van der Waals surface area contributed by atoms with Crippen molar-refractivity contribution in [2.75, 3.05) is 60.8 Å². The Morgan fingerprint density at radius 3 is 1.53 bits per heavy atom. The first kappa shape index (κ1) is 47.2. The molecule has 9 nitrogen and oxygen atoms in total. The maximum absolute atomic E-state index is 6.11. The van der Waals surface area contributed by atoms with Gasteiger partial charge in [0.05, 0.1) is 32.7 Å². The van der Waals surface area contributed by atoms with Crippen molar-refractivity contribution in [3.63, 3.8) is 0 Å². The van der Waals surface area contributed by atoms with Crippen molar-refractivity contribution in [2.45, 2.75) is 123 Å². The number of hydrogen-bond donors (Lipinski definition) is 2. The van der Waals surface area contributed by atoms with E-state index in [4.69, 9.17) is 31.0 Å². The molecule has 0 amide bonds. The summed E-state index contributed by atoms with van der Waals surface area (Å²) in [7, 11) is -2.61. The van der Waals surface area contributed by atoms with Crippen LogP contribution < -0.4 is 21.0 Å². The van der Waals surface area contributed by atoms with Crippen LogP contribution in [0.5, 0.6) is 0 Å². The molecule has 0 saturated carbocycles. The molecule has 15 heteroatoms. The van der Waals surface area contributed by atoms with Gasteiger partial charge in [0, 0.05) is 53.5 Å². The van der Waals surface area contributed by atoms with E-state index in [2.05, 4.69) is 96.7 Å². The summed E-state index contributed by atoms with van der Waals surface area (Å²) < 4.78 is 42.5. The third kappa shape index (κ3) is 15.2. The average molecular weight is 789 g/mol. The maximum atomic E-state index is 6.11. The summed E-state index contributed by atoms with van der Waals surface area (Å²) in [6.45, 7) is 29.3. The fourth-order valence-electron chi connectivity index (χ4n) is 6.76. The molecule has 1 aromatic rings. The lowest BCUT2D eigenvalue weighted by atomic mass is 10.0. The van der Waals surface area contributed by atoms with Crippen LogP contribution in [-0.4, -0.2) is 120 Å². The van der Waals surface area contributed by atoms with Gasteiger partial charge >= 0.3 is 25.9 Å². The normalized spacial score (nSPS) is 13.7. The minimum Gasteiger partial charge on any atom is -0.395 e. The standard InChI is InChI=1S/C34H72N2O7Si6/c1-15-40-47(13,41-16-2)27-19-24-35-34(36-25-20-28-48(14,42-17-3)43-18-4)44-26-23-31-30(29(5)49(37-6,38-7)39-8)21-22-32(45(9)10)33(31)46(11)12/h21-22,29,34-36H,15-20,23-28H2,1-14H3. The highest BCUT2D eigenvalue weighted by Crippen LogP contribution is 2.31. The second-order valence-corrected chi connectivity index (χ2v) is 29.8. The van der Waals surface area contributed by atoms with Crippen LogP contribution in [0, 0.1) is 0 Å². The van der Waals surface area contributed by atoms with E-state index in [9.17, 15) is 0 Å². The second-order valence-electron chi connectivity index (χ2n) is 13.2. The van der Waals surface area contributed by atoms with Gasteiger partial charge in [0.2, 0.25) is 0 Å². The summed E-state index contributed by atoms with van der Waals surface area (Å²) in [5.74, 6) is 0.238. The third-order valence-electron chi connectivity index (χ3n) is 9.07. The van der Waals surface area contributed by atoms with Gasteiger partial charge in [-0.3, -0.25) is 0 Å². The lowest BCUT2D eigenvalue weighted by molar-refractivity contribution is 0.114. The van der Waals surface area contributed by atoms with Gasteiger partial charge in [-0.05, 0) is 96.4 Å². The molecule has 0 spiro atoms. The molecule has 1 rings (SSSR count). The van der Waals surface area contributed by atoms with Crippen LogP contribution in [0.1, 0.15) is 64.1 Å². The molecule has 284 valence electrons. The van der Waals surface area contributed by atoms with Crippen LogP contribution in [-0.2, 0) is 37.4 Å². The van der Waals surface area contributed by atoms with E-state index < -0.39 is 43.5 Å². The highest BCUT2D eigenvalue weighted by atomic mass is 28.4. The Morgan fingerprint density at radius 2 is 1.16 bits per heavy atom. The molecule has 49 heavy (non-hydrogen) atoms. The molecule has 0 heterocycles. The van der Waals surface area contributed by atoms with E-state index >= 15 is 0 Å². The minimum atomic E-state index is -2.89. The van der Waals surface area contributed by atoms with Gasteiger partial charge in [0.1, 0.15) is 0 Å². The summed E-state index contributed by atoms with van der Waals surface area (Å²) in [5, 5.41) is 11.0. The smallest absolute Gasteiger partial charge is 0.395 e. The number of hydrogen-bond acceptors (Lipinski definition) is 9. The Balaban J connectivity index is 3.26. The largest absolute Gasteiger partial charge is 0.507 e. The zero-order valence-electron chi connectivity index (χ0n) is 33.7. The van der Waals surface area contributed by atoms with E-state index in [0.29, 0.717) is 26.4 Å². The van der Waals surface area contributed by atoms with Crippen molar-refractivity contribution in [1.82, 2.24) is 10.6 Å². The molecular weight excluding hydrogens is 717 g/mol. The third-order valence-corrected chi connectivity index (χ3v) is 22.9. The van der Waals surface area contributed by atoms with E-state index in [-0.39, 0.29) is 11.3 Å². The second kappa shape index (κ2) is 24.5. The predicted molar refractivity (Wildman–Crippen MR) is 219 cm³/mol. The molecule has 4 radical (unpaired) electrons. The first-order valence-corrected chi connectivity index (χ1v) is 31.6. The first-order chi connectivity index (χ1) is 23.3. The van der Waals surface area contributed by atoms with Gasteiger partial charge in [0.25, 0.3) is 0 Å². The monoisotopic (exact) mass is 788 g/mol. The Labute approximate surface area is 310 Å². The molecule has 1 atom stereocenters. The SMILES string of the molecule is CCO[Si](C)(CCCNC(NCCC[Si](C)(OCC)OCC)[Si]CCc1c(C(C)[Si](OC)(OC)OC)ccc([Si](C)C)c1[Si](C)C)OCC. The summed E-state index contributed by atoms with van der Waals surface area (Å²) in [6.07, 6.45) is 3.10. The van der Waals surface area contributed by atoms with Crippen LogP contribution in [0.15, 0.2) is 12.1 Å². The summed E-state index contributed by atoms with van der Waals surface area (Å²) in [5.41, 5.74) is 2.88. The van der Waals surface area contributed by atoms with Crippen LogP contribution in [0.2, 0.25) is 57.4 Å². The fourth-order valence-corrected chi connectivity index (χ4v) is 19.1. The Morgan fingerprint density at radius 1 is 0.714 bits per heavy atom. The summed E-state index contributed by atoms with van der Waals surface area (Å²) in [4.78, 5) is 0. The number of rotatable bonds is 29. The molecule has 0 aromatic heterocycles. The van der Waals surface area contributed by atoms with Crippen molar-refractivity contribution in [2.24, 2.45) is 0 Å². The topological polar surface area (TPSA) is 88.7 Å². The minimum absolute atomic E-state index is 0.0414. The Kier molecular flexibility index (Phi) is 23.6. The molecule has 0 aliphatic carbocycles. The Hall–Kier alpha value is 0.161. The lowest BCUT2D eigenvalue weighted by Gasteiger charge is -2.33. The van der Waals surface area contributed by atoms with Crippen molar-refractivity contribution in [3.05, 3.63) is 23.3 Å². The quantitative estimate of drug-likeness (QED) is 0.0636. The van der Waals surface area contributed by atoms with Gasteiger partial charge in [-0.25, -0.2) is 0 Å². The molecule has 0 aliphatic rings. The summed E-state index contributed by atoms with van der Waals surface area (Å²) in [6, 6.07) is 7.82. The van der Waals surface area contributed by atoms with E-state index in [1.54, 1.807) is 31.7 Å². The van der Waals surface area contributed by atoms with Gasteiger partial charge in [-0.15, -0.1) is 0 Å². The van der Waals surface area contributed by atoms with Crippen molar-refractivity contribution in [3.8, 4) is 0 Å². The maximum Gasteiger partial charge on any atom is 0.507 e. The number of benzene rings is 1. The molecule has 1 aromatic carbocycles. The van der Waals surface area contributed by atoms with Gasteiger partial charge in [0.15, 0.2) is 0 Å². The molecule has 1 unspecified atom stereocenters. The van der Waals surface area contributed by atoms with Crippen LogP contribution in [0.25, 0.3) is 0 Å². The lowest BCUT2D eigenvalue weighted by Crippen LogP contribution is -2.51. The van der Waals surface area contributed by atoms with Crippen LogP contribution in [0.4, 0.5) is 0 Å². The highest BCUT2D eigenvalue weighted by Gasteiger charge is 2.46. The van der Waals surface area contributed by atoms with Gasteiger partial charge < -0.3 is 41.6 Å². The van der Waals surface area contributed by atoms with Crippen molar-refractivity contribution < 1.29 is 31.0 Å². The Bertz CT molecular complexity index is 989. The van der Waals surface area contributed by atoms with Crippen LogP contribution >= 0.6 is 0 Å². The van der Waals surface area contributed by atoms with Crippen LogP contribution in [0.3, 0.4) is 0 Å². The molecule has 0 aliphatic heterocycles. The zero-order chi connectivity index (χ0) is 37.1. The molecule has 0 saturated heterocycles.